The fourth-order valence-electron chi connectivity index (χ4n) is 1.05. The van der Waals surface area contributed by atoms with E-state index < -0.39 is 0 Å². The van der Waals surface area contributed by atoms with Crippen molar-refractivity contribution in [2.45, 2.75) is 27.2 Å². The maximum Gasteiger partial charge on any atom is 0.282 e. The Kier molecular flexibility index (Phi) is 2.76. The van der Waals surface area contributed by atoms with Gasteiger partial charge in [-0.2, -0.15) is 5.10 Å². The maximum atomic E-state index is 10.9. The summed E-state index contributed by atoms with van der Waals surface area (Å²) in [6.07, 6.45) is 0.795. The van der Waals surface area contributed by atoms with Crippen molar-refractivity contribution in [2.24, 2.45) is 5.41 Å². The molecule has 0 aliphatic rings. The lowest BCUT2D eigenvalue weighted by molar-refractivity contribution is 0.404. The molecule has 13 heavy (non-hydrogen) atoms. The minimum Gasteiger partial charge on any atom is -0.266 e. The first kappa shape index (κ1) is 10.3. The number of hydrogen-bond donors (Lipinski definition) is 1. The lowest BCUT2D eigenvalue weighted by Crippen LogP contribution is -2.15. The summed E-state index contributed by atoms with van der Waals surface area (Å²) in [5.41, 5.74) is 0.630. The third-order valence-electron chi connectivity index (χ3n) is 1.52. The van der Waals surface area contributed by atoms with Crippen molar-refractivity contribution >= 4 is 11.6 Å². The highest BCUT2D eigenvalue weighted by Gasteiger charge is 2.13. The summed E-state index contributed by atoms with van der Waals surface area (Å²) in [6.45, 7) is 6.31. The molecule has 0 saturated heterocycles. The number of H-pyrrole nitrogens is 1. The van der Waals surface area contributed by atoms with E-state index in [0.29, 0.717) is 0 Å². The third-order valence-corrected chi connectivity index (χ3v) is 1.80. The molecule has 0 fully saturated rings. The molecule has 1 aromatic heterocycles. The Morgan fingerprint density at radius 2 is 2.15 bits per heavy atom. The Bertz CT molecular complexity index is 351. The molecule has 1 heterocycles. The average molecular weight is 201 g/mol. The van der Waals surface area contributed by atoms with Crippen LogP contribution in [0.25, 0.3) is 0 Å². The monoisotopic (exact) mass is 200 g/mol. The molecule has 0 radical (unpaired) electrons. The highest BCUT2D eigenvalue weighted by Crippen LogP contribution is 2.19. The van der Waals surface area contributed by atoms with Gasteiger partial charge in [-0.1, -0.05) is 32.4 Å². The van der Waals surface area contributed by atoms with Crippen LogP contribution in [-0.4, -0.2) is 10.2 Å². The third kappa shape index (κ3) is 3.19. The van der Waals surface area contributed by atoms with Crippen molar-refractivity contribution in [1.29, 1.82) is 0 Å². The topological polar surface area (TPSA) is 45.8 Å². The highest BCUT2D eigenvalue weighted by molar-refractivity contribution is 6.30. The lowest BCUT2D eigenvalue weighted by atomic mass is 9.90. The van der Waals surface area contributed by atoms with Gasteiger partial charge in [0.25, 0.3) is 5.56 Å². The largest absolute Gasteiger partial charge is 0.282 e. The van der Waals surface area contributed by atoms with Crippen molar-refractivity contribution in [2.75, 3.05) is 0 Å². The number of nitrogens with one attached hydrogen (secondary N) is 1. The Morgan fingerprint density at radius 1 is 1.54 bits per heavy atom. The average Bonchev–Trinajstić information content (AvgIpc) is 1.94. The number of rotatable bonds is 1. The molecule has 3 nitrogen and oxygen atoms in total. The van der Waals surface area contributed by atoms with Crippen LogP contribution in [0.3, 0.4) is 0 Å². The van der Waals surface area contributed by atoms with Gasteiger partial charge in [0.1, 0.15) is 5.02 Å². The molecule has 0 aromatic carbocycles. The molecule has 0 amide bonds. The van der Waals surface area contributed by atoms with Crippen LogP contribution in [-0.2, 0) is 6.42 Å². The summed E-state index contributed by atoms with van der Waals surface area (Å²) in [4.78, 5) is 10.9. The second-order valence-electron chi connectivity index (χ2n) is 4.27. The fourth-order valence-corrected chi connectivity index (χ4v) is 1.22. The van der Waals surface area contributed by atoms with E-state index in [9.17, 15) is 4.79 Å². The number of aromatic nitrogens is 2. The van der Waals surface area contributed by atoms with Gasteiger partial charge in [-0.05, 0) is 17.9 Å². The summed E-state index contributed by atoms with van der Waals surface area (Å²) in [7, 11) is 0. The van der Waals surface area contributed by atoms with Crippen LogP contribution < -0.4 is 5.56 Å². The molecule has 72 valence electrons. The second kappa shape index (κ2) is 3.50. The molecule has 0 spiro atoms. The molecule has 1 aromatic rings. The Hall–Kier alpha value is -0.830. The predicted molar refractivity (Wildman–Crippen MR) is 53.0 cm³/mol. The van der Waals surface area contributed by atoms with Gasteiger partial charge in [0, 0.05) is 0 Å². The Balaban J connectivity index is 2.92. The van der Waals surface area contributed by atoms with Gasteiger partial charge in [-0.25, -0.2) is 5.10 Å². The molecule has 4 heteroatoms. The Labute approximate surface area is 82.1 Å². The van der Waals surface area contributed by atoms with Crippen molar-refractivity contribution in [1.82, 2.24) is 10.2 Å². The highest BCUT2D eigenvalue weighted by atomic mass is 35.5. The zero-order chi connectivity index (χ0) is 10.1. The van der Waals surface area contributed by atoms with E-state index >= 15 is 0 Å². The van der Waals surface area contributed by atoms with Crippen molar-refractivity contribution in [3.05, 3.63) is 27.1 Å². The van der Waals surface area contributed by atoms with Crippen molar-refractivity contribution < 1.29 is 0 Å². The first-order chi connectivity index (χ1) is 5.88. The van der Waals surface area contributed by atoms with Crippen LogP contribution in [0.5, 0.6) is 0 Å². The molecule has 0 saturated carbocycles. The summed E-state index contributed by atoms with van der Waals surface area (Å²) in [5.74, 6) is 0. The van der Waals surface area contributed by atoms with Gasteiger partial charge in [-0.15, -0.1) is 0 Å². The molecule has 1 rings (SSSR count). The zero-order valence-electron chi connectivity index (χ0n) is 8.02. The number of hydrogen-bond acceptors (Lipinski definition) is 2. The van der Waals surface area contributed by atoms with E-state index in [1.54, 1.807) is 6.07 Å². The number of halogens is 1. The van der Waals surface area contributed by atoms with Crippen LogP contribution in [0, 0.1) is 5.41 Å². The zero-order valence-corrected chi connectivity index (χ0v) is 8.77. The van der Waals surface area contributed by atoms with Crippen LogP contribution in [0.1, 0.15) is 26.5 Å². The first-order valence-corrected chi connectivity index (χ1v) is 4.50. The van der Waals surface area contributed by atoms with Crippen molar-refractivity contribution in [3.8, 4) is 0 Å². The van der Waals surface area contributed by atoms with Gasteiger partial charge < -0.3 is 0 Å². The van der Waals surface area contributed by atoms with Gasteiger partial charge in [0.2, 0.25) is 0 Å². The smallest absolute Gasteiger partial charge is 0.266 e. The fraction of sp³-hybridized carbons (Fsp3) is 0.556. The maximum absolute atomic E-state index is 10.9. The van der Waals surface area contributed by atoms with Crippen molar-refractivity contribution in [3.63, 3.8) is 0 Å². The lowest BCUT2D eigenvalue weighted by Gasteiger charge is -2.16. The van der Waals surface area contributed by atoms with E-state index in [2.05, 4.69) is 31.0 Å². The van der Waals surface area contributed by atoms with Gasteiger partial charge in [0.15, 0.2) is 0 Å². The van der Waals surface area contributed by atoms with Crippen LogP contribution >= 0.6 is 11.6 Å². The van der Waals surface area contributed by atoms with E-state index in [-0.39, 0.29) is 16.0 Å². The minimum absolute atomic E-state index is 0.147. The van der Waals surface area contributed by atoms with Gasteiger partial charge >= 0.3 is 0 Å². The minimum atomic E-state index is -0.334. The quantitative estimate of drug-likeness (QED) is 0.754. The van der Waals surface area contributed by atoms with E-state index in [0.717, 1.165) is 12.1 Å². The molecule has 0 atom stereocenters. The molecule has 1 N–H and O–H groups in total. The number of nitrogens with zero attached hydrogens (tertiary/aromatic N) is 1. The molecular weight excluding hydrogens is 188 g/mol. The predicted octanol–water partition coefficient (Wildman–Crippen LogP) is 2.01. The van der Waals surface area contributed by atoms with Crippen LogP contribution in [0.2, 0.25) is 5.02 Å². The molecular formula is C9H13ClN2O. The SMILES string of the molecule is CC(C)(C)Cc1cc(Cl)c(=O)[nH]n1. The molecule has 0 bridgehead atoms. The van der Waals surface area contributed by atoms with Gasteiger partial charge in [0.05, 0.1) is 5.69 Å². The molecule has 0 aliphatic carbocycles. The molecule has 0 unspecified atom stereocenters. The van der Waals surface area contributed by atoms with Crippen LogP contribution in [0.15, 0.2) is 10.9 Å². The molecule has 0 aliphatic heterocycles. The Morgan fingerprint density at radius 3 is 2.62 bits per heavy atom. The normalized spacial score (nSPS) is 11.7. The van der Waals surface area contributed by atoms with Crippen LogP contribution in [0.4, 0.5) is 0 Å². The standard InChI is InChI=1S/C9H13ClN2O/c1-9(2,3)5-6-4-7(10)8(13)12-11-6/h4H,5H2,1-3H3,(H,12,13). The summed E-state index contributed by atoms with van der Waals surface area (Å²) >= 11 is 5.66. The number of aromatic amines is 1. The van der Waals surface area contributed by atoms with E-state index in [1.165, 1.54) is 0 Å². The van der Waals surface area contributed by atoms with Gasteiger partial charge in [-0.3, -0.25) is 4.79 Å². The summed E-state index contributed by atoms with van der Waals surface area (Å²) in [6, 6.07) is 1.62. The second-order valence-corrected chi connectivity index (χ2v) is 4.68. The summed E-state index contributed by atoms with van der Waals surface area (Å²) in [5, 5.41) is 6.46. The summed E-state index contributed by atoms with van der Waals surface area (Å²) < 4.78 is 0. The first-order valence-electron chi connectivity index (χ1n) is 4.12. The van der Waals surface area contributed by atoms with E-state index in [4.69, 9.17) is 11.6 Å². The van der Waals surface area contributed by atoms with E-state index in [1.807, 2.05) is 0 Å².